The third kappa shape index (κ3) is 6.05. The van der Waals surface area contributed by atoms with Gasteiger partial charge in [-0.25, -0.2) is 0 Å². The van der Waals surface area contributed by atoms with E-state index in [4.69, 9.17) is 9.47 Å². The Morgan fingerprint density at radius 2 is 1.74 bits per heavy atom. The van der Waals surface area contributed by atoms with Gasteiger partial charge < -0.3 is 20.1 Å². The molecule has 0 spiro atoms. The molecule has 0 atom stereocenters. The van der Waals surface area contributed by atoms with E-state index < -0.39 is 11.8 Å². The zero-order valence-corrected chi connectivity index (χ0v) is 19.0. The van der Waals surface area contributed by atoms with Gasteiger partial charge in [-0.2, -0.15) is 0 Å². The Hall–Kier alpha value is -3.40. The molecule has 0 bridgehead atoms. The third-order valence-electron chi connectivity index (χ3n) is 4.24. The molecule has 0 aliphatic heterocycles. The van der Waals surface area contributed by atoms with Gasteiger partial charge in [0.25, 0.3) is 11.8 Å². The van der Waals surface area contributed by atoms with Crippen LogP contribution in [-0.4, -0.2) is 31.0 Å². The van der Waals surface area contributed by atoms with Gasteiger partial charge in [0.05, 0.1) is 14.2 Å². The number of anilines is 1. The first kappa shape index (κ1) is 22.3. The molecular formula is C23H20IN3O4. The maximum atomic E-state index is 12.9. The summed E-state index contributed by atoms with van der Waals surface area (Å²) < 4.78 is 11.5. The van der Waals surface area contributed by atoms with Crippen molar-refractivity contribution in [2.45, 2.75) is 0 Å². The number of aromatic nitrogens is 1. The van der Waals surface area contributed by atoms with Crippen LogP contribution in [0.4, 0.5) is 5.69 Å². The van der Waals surface area contributed by atoms with E-state index in [2.05, 4.69) is 38.2 Å². The normalized spacial score (nSPS) is 10.9. The van der Waals surface area contributed by atoms with E-state index in [1.807, 2.05) is 12.1 Å². The number of nitrogens with one attached hydrogen (secondary N) is 2. The van der Waals surface area contributed by atoms with E-state index in [1.54, 1.807) is 60.9 Å². The lowest BCUT2D eigenvalue weighted by molar-refractivity contribution is -0.113. The van der Waals surface area contributed by atoms with Crippen LogP contribution in [0.5, 0.6) is 11.5 Å². The fourth-order valence-corrected chi connectivity index (χ4v) is 3.05. The number of amides is 2. The minimum atomic E-state index is -0.464. The fourth-order valence-electron chi connectivity index (χ4n) is 2.69. The van der Waals surface area contributed by atoms with Crippen LogP contribution in [0.3, 0.4) is 0 Å². The predicted octanol–water partition coefficient (Wildman–Crippen LogP) is 4.11. The molecule has 2 aromatic carbocycles. The standard InChI is InChI=1S/C23H20IN3O4/c1-30-20-10-5-16(13-21(20)31-2)22(28)27-19(12-15-4-3-11-25-14-15)23(29)26-18-8-6-17(24)7-9-18/h3-14H,1-2H3,(H,26,29)(H,27,28)/b19-12-. The van der Waals surface area contributed by atoms with Gasteiger partial charge in [0.1, 0.15) is 5.70 Å². The average Bonchev–Trinajstić information content (AvgIpc) is 2.80. The van der Waals surface area contributed by atoms with Gasteiger partial charge >= 0.3 is 0 Å². The van der Waals surface area contributed by atoms with Crippen LogP contribution in [0.25, 0.3) is 6.08 Å². The van der Waals surface area contributed by atoms with Crippen molar-refractivity contribution in [1.29, 1.82) is 0 Å². The number of carbonyl (C=O) groups is 2. The molecule has 7 nitrogen and oxygen atoms in total. The molecule has 3 aromatic rings. The van der Waals surface area contributed by atoms with Crippen LogP contribution in [0.15, 0.2) is 72.7 Å². The Labute approximate surface area is 193 Å². The highest BCUT2D eigenvalue weighted by atomic mass is 127. The monoisotopic (exact) mass is 529 g/mol. The molecule has 0 saturated carbocycles. The molecule has 3 rings (SSSR count). The van der Waals surface area contributed by atoms with Crippen molar-refractivity contribution < 1.29 is 19.1 Å². The first-order valence-electron chi connectivity index (χ1n) is 9.22. The molecule has 1 heterocycles. The molecule has 0 saturated heterocycles. The number of ether oxygens (including phenoxy) is 2. The van der Waals surface area contributed by atoms with Crippen LogP contribution in [-0.2, 0) is 4.79 Å². The summed E-state index contributed by atoms with van der Waals surface area (Å²) in [6, 6.07) is 15.6. The van der Waals surface area contributed by atoms with Crippen molar-refractivity contribution in [2.75, 3.05) is 19.5 Å². The number of nitrogens with zero attached hydrogens (tertiary/aromatic N) is 1. The molecule has 0 unspecified atom stereocenters. The Morgan fingerprint density at radius 1 is 1.00 bits per heavy atom. The maximum Gasteiger partial charge on any atom is 0.272 e. The lowest BCUT2D eigenvalue weighted by atomic mass is 10.1. The fraction of sp³-hybridized carbons (Fsp3) is 0.0870. The summed E-state index contributed by atoms with van der Waals surface area (Å²) in [5.41, 5.74) is 1.67. The highest BCUT2D eigenvalue weighted by Gasteiger charge is 2.17. The second-order valence-electron chi connectivity index (χ2n) is 6.33. The average molecular weight is 529 g/mol. The first-order valence-corrected chi connectivity index (χ1v) is 10.3. The lowest BCUT2D eigenvalue weighted by Crippen LogP contribution is -2.30. The van der Waals surface area contributed by atoms with Crippen molar-refractivity contribution >= 4 is 46.2 Å². The summed E-state index contributed by atoms with van der Waals surface area (Å²) in [6.07, 6.45) is 4.79. The van der Waals surface area contributed by atoms with Gasteiger partial charge in [0.2, 0.25) is 0 Å². The van der Waals surface area contributed by atoms with Crippen molar-refractivity contribution in [2.24, 2.45) is 0 Å². The highest BCUT2D eigenvalue weighted by molar-refractivity contribution is 14.1. The number of benzene rings is 2. The van der Waals surface area contributed by atoms with Gasteiger partial charge in [-0.3, -0.25) is 14.6 Å². The second-order valence-corrected chi connectivity index (χ2v) is 7.57. The Morgan fingerprint density at radius 3 is 2.39 bits per heavy atom. The van der Waals surface area contributed by atoms with Crippen molar-refractivity contribution in [3.63, 3.8) is 0 Å². The summed E-state index contributed by atoms with van der Waals surface area (Å²) in [6.45, 7) is 0. The number of halogens is 1. The summed E-state index contributed by atoms with van der Waals surface area (Å²) in [4.78, 5) is 29.9. The van der Waals surface area contributed by atoms with Gasteiger partial charge in [-0.1, -0.05) is 6.07 Å². The molecule has 8 heteroatoms. The van der Waals surface area contributed by atoms with E-state index in [0.29, 0.717) is 28.3 Å². The second kappa shape index (κ2) is 10.6. The van der Waals surface area contributed by atoms with E-state index in [0.717, 1.165) is 3.57 Å². The van der Waals surface area contributed by atoms with Crippen molar-refractivity contribution in [3.05, 3.63) is 87.4 Å². The van der Waals surface area contributed by atoms with Gasteiger partial charge in [0, 0.05) is 27.2 Å². The number of rotatable bonds is 7. The molecule has 158 valence electrons. The quantitative estimate of drug-likeness (QED) is 0.355. The minimum absolute atomic E-state index is 0.0753. The van der Waals surface area contributed by atoms with Gasteiger partial charge in [-0.05, 0) is 82.8 Å². The van der Waals surface area contributed by atoms with Crippen molar-refractivity contribution in [3.8, 4) is 11.5 Å². The van der Waals surface area contributed by atoms with E-state index >= 15 is 0 Å². The lowest BCUT2D eigenvalue weighted by Gasteiger charge is -2.13. The van der Waals surface area contributed by atoms with Crippen LogP contribution < -0.4 is 20.1 Å². The zero-order chi connectivity index (χ0) is 22.2. The summed E-state index contributed by atoms with van der Waals surface area (Å²) in [5.74, 6) is -0.00866. The molecule has 0 aliphatic rings. The Kier molecular flexibility index (Phi) is 7.60. The number of hydrogen-bond acceptors (Lipinski definition) is 5. The minimum Gasteiger partial charge on any atom is -0.493 e. The van der Waals surface area contributed by atoms with Crippen molar-refractivity contribution in [1.82, 2.24) is 10.3 Å². The molecule has 0 aliphatic carbocycles. The summed E-state index contributed by atoms with van der Waals surface area (Å²) in [7, 11) is 3.00. The Bertz CT molecular complexity index is 1100. The van der Waals surface area contributed by atoms with E-state index in [9.17, 15) is 9.59 Å². The third-order valence-corrected chi connectivity index (χ3v) is 4.96. The number of methoxy groups -OCH3 is 2. The summed E-state index contributed by atoms with van der Waals surface area (Å²) in [5, 5.41) is 5.48. The Balaban J connectivity index is 1.87. The molecule has 1 aromatic heterocycles. The molecule has 0 radical (unpaired) electrons. The van der Waals surface area contributed by atoms with Gasteiger partial charge in [0.15, 0.2) is 11.5 Å². The van der Waals surface area contributed by atoms with E-state index in [-0.39, 0.29) is 5.70 Å². The number of carbonyl (C=O) groups excluding carboxylic acids is 2. The largest absolute Gasteiger partial charge is 0.493 e. The highest BCUT2D eigenvalue weighted by Crippen LogP contribution is 2.27. The molecule has 2 N–H and O–H groups in total. The SMILES string of the molecule is COc1ccc(C(=O)N/C(=C\c2cccnc2)C(=O)Nc2ccc(I)cc2)cc1OC. The topological polar surface area (TPSA) is 89.5 Å². The van der Waals surface area contributed by atoms with Gasteiger partial charge in [-0.15, -0.1) is 0 Å². The smallest absolute Gasteiger partial charge is 0.272 e. The van der Waals surface area contributed by atoms with Crippen LogP contribution in [0.1, 0.15) is 15.9 Å². The zero-order valence-electron chi connectivity index (χ0n) is 16.9. The van der Waals surface area contributed by atoms with Crippen LogP contribution in [0.2, 0.25) is 0 Å². The number of hydrogen-bond donors (Lipinski definition) is 2. The molecular weight excluding hydrogens is 509 g/mol. The maximum absolute atomic E-state index is 12.9. The molecule has 31 heavy (non-hydrogen) atoms. The van der Waals surface area contributed by atoms with E-state index in [1.165, 1.54) is 14.2 Å². The first-order chi connectivity index (χ1) is 15.0. The van der Waals surface area contributed by atoms with Crippen LogP contribution in [0, 0.1) is 3.57 Å². The summed E-state index contributed by atoms with van der Waals surface area (Å²) >= 11 is 2.18. The predicted molar refractivity (Wildman–Crippen MR) is 127 cm³/mol. The number of pyridine rings is 1. The van der Waals surface area contributed by atoms with Crippen LogP contribution >= 0.6 is 22.6 Å². The molecule has 0 fully saturated rings. The molecule has 2 amide bonds.